The fraction of sp³-hybridized carbons (Fsp3) is 0.778. The first-order chi connectivity index (χ1) is 11.5. The highest BCUT2D eigenvalue weighted by Gasteiger charge is 2.19. The van der Waals surface area contributed by atoms with Gasteiger partial charge in [-0.3, -0.25) is 4.99 Å². The zero-order valence-corrected chi connectivity index (χ0v) is 18.4. The smallest absolute Gasteiger partial charge is 0.213 e. The lowest BCUT2D eigenvalue weighted by Gasteiger charge is -2.15. The average Bonchev–Trinajstić information content (AvgIpc) is 3.20. The molecule has 2 N–H and O–H groups in total. The van der Waals surface area contributed by atoms with Crippen LogP contribution in [0.25, 0.3) is 0 Å². The van der Waals surface area contributed by atoms with Crippen LogP contribution in [-0.2, 0) is 12.0 Å². The summed E-state index contributed by atoms with van der Waals surface area (Å²) < 4.78 is 5.78. The third-order valence-electron chi connectivity index (χ3n) is 4.32. The van der Waals surface area contributed by atoms with E-state index in [0.29, 0.717) is 12.4 Å². The summed E-state index contributed by atoms with van der Waals surface area (Å²) in [4.78, 5) is 11.1. The van der Waals surface area contributed by atoms with Gasteiger partial charge in [0.15, 0.2) is 5.96 Å². The normalized spacial score (nSPS) is 15.9. The Morgan fingerprint density at radius 1 is 1.24 bits per heavy atom. The maximum absolute atomic E-state index is 5.78. The van der Waals surface area contributed by atoms with E-state index in [1.807, 2.05) is 6.20 Å². The standard InChI is InChI=1S/C18H33N5O.HI/c1-18(2,3)15-13-21-16(24-15)14-22-17(19-4)20-9-5-6-10-23-11-7-8-12-23;/h13H,5-12,14H2,1-4H3,(H2,19,20,22);1H. The molecule has 0 aromatic carbocycles. The molecular formula is C18H34IN5O. The Kier molecular flexibility index (Phi) is 9.78. The monoisotopic (exact) mass is 463 g/mol. The number of nitrogens with zero attached hydrogens (tertiary/aromatic N) is 3. The van der Waals surface area contributed by atoms with Crippen molar-refractivity contribution in [2.45, 2.75) is 58.4 Å². The number of likely N-dealkylation sites (tertiary alicyclic amines) is 1. The molecule has 0 bridgehead atoms. The highest BCUT2D eigenvalue weighted by Crippen LogP contribution is 2.22. The van der Waals surface area contributed by atoms with E-state index >= 15 is 0 Å². The van der Waals surface area contributed by atoms with Crippen molar-refractivity contribution >= 4 is 29.9 Å². The number of rotatable bonds is 7. The van der Waals surface area contributed by atoms with Crippen LogP contribution in [0.3, 0.4) is 0 Å². The molecule has 0 radical (unpaired) electrons. The van der Waals surface area contributed by atoms with E-state index in [-0.39, 0.29) is 29.4 Å². The zero-order valence-electron chi connectivity index (χ0n) is 16.1. The lowest BCUT2D eigenvalue weighted by molar-refractivity contribution is 0.330. The van der Waals surface area contributed by atoms with Gasteiger partial charge in [0.05, 0.1) is 12.7 Å². The van der Waals surface area contributed by atoms with E-state index in [9.17, 15) is 0 Å². The summed E-state index contributed by atoms with van der Waals surface area (Å²) in [6.07, 6.45) is 6.94. The fourth-order valence-corrected chi connectivity index (χ4v) is 2.79. The van der Waals surface area contributed by atoms with Gasteiger partial charge in [-0.1, -0.05) is 20.8 Å². The quantitative estimate of drug-likeness (QED) is 0.282. The molecule has 1 aromatic rings. The van der Waals surface area contributed by atoms with Gasteiger partial charge in [-0.2, -0.15) is 0 Å². The number of nitrogens with one attached hydrogen (secondary N) is 2. The van der Waals surface area contributed by atoms with Crippen LogP contribution in [0.4, 0.5) is 0 Å². The Morgan fingerprint density at radius 2 is 1.96 bits per heavy atom. The van der Waals surface area contributed by atoms with E-state index in [1.165, 1.54) is 38.9 Å². The van der Waals surface area contributed by atoms with Gasteiger partial charge in [0.2, 0.25) is 5.89 Å². The summed E-state index contributed by atoms with van der Waals surface area (Å²) in [5.74, 6) is 2.40. The van der Waals surface area contributed by atoms with Crippen LogP contribution in [0, 0.1) is 0 Å². The second-order valence-electron chi connectivity index (χ2n) is 7.48. The Bertz CT molecular complexity index is 518. The summed E-state index contributed by atoms with van der Waals surface area (Å²) in [7, 11) is 1.79. The van der Waals surface area contributed by atoms with Crippen LogP contribution >= 0.6 is 24.0 Å². The number of guanidine groups is 1. The minimum absolute atomic E-state index is 0. The van der Waals surface area contributed by atoms with Crippen LogP contribution in [0.1, 0.15) is 58.1 Å². The van der Waals surface area contributed by atoms with Crippen molar-refractivity contribution in [3.63, 3.8) is 0 Å². The number of oxazole rings is 1. The van der Waals surface area contributed by atoms with Crippen molar-refractivity contribution < 1.29 is 4.42 Å². The Balaban J connectivity index is 0.00000312. The van der Waals surface area contributed by atoms with Gasteiger partial charge in [0.1, 0.15) is 5.76 Å². The van der Waals surface area contributed by atoms with E-state index in [4.69, 9.17) is 4.42 Å². The molecule has 6 nitrogen and oxygen atoms in total. The van der Waals surface area contributed by atoms with E-state index in [2.05, 4.69) is 46.3 Å². The molecule has 0 amide bonds. The highest BCUT2D eigenvalue weighted by atomic mass is 127. The second-order valence-corrected chi connectivity index (χ2v) is 7.48. The molecule has 7 heteroatoms. The number of halogens is 1. The van der Waals surface area contributed by atoms with Crippen LogP contribution in [0.5, 0.6) is 0 Å². The molecule has 2 rings (SSSR count). The average molecular weight is 463 g/mol. The van der Waals surface area contributed by atoms with Gasteiger partial charge >= 0.3 is 0 Å². The lowest BCUT2D eigenvalue weighted by Crippen LogP contribution is -2.37. The number of aromatic nitrogens is 1. The number of hydrogen-bond donors (Lipinski definition) is 2. The van der Waals surface area contributed by atoms with Crippen LogP contribution in [0.2, 0.25) is 0 Å². The third-order valence-corrected chi connectivity index (χ3v) is 4.32. The molecule has 0 atom stereocenters. The van der Waals surface area contributed by atoms with E-state index in [0.717, 1.165) is 24.7 Å². The molecule has 0 aliphatic carbocycles. The summed E-state index contributed by atoms with van der Waals surface area (Å²) in [6, 6.07) is 0. The summed E-state index contributed by atoms with van der Waals surface area (Å²) in [6.45, 7) is 11.6. The molecule has 1 aliphatic heterocycles. The minimum atomic E-state index is -0.0134. The molecule has 0 saturated carbocycles. The number of unbranched alkanes of at least 4 members (excludes halogenated alkanes) is 1. The molecule has 0 unspecified atom stereocenters. The van der Waals surface area contributed by atoms with Crippen molar-refractivity contribution in [2.75, 3.05) is 33.2 Å². The van der Waals surface area contributed by atoms with Gasteiger partial charge in [0, 0.05) is 19.0 Å². The number of aliphatic imine (C=N–C) groups is 1. The molecule has 144 valence electrons. The molecular weight excluding hydrogens is 429 g/mol. The van der Waals surface area contributed by atoms with Crippen molar-refractivity contribution in [1.29, 1.82) is 0 Å². The van der Waals surface area contributed by atoms with E-state index in [1.54, 1.807) is 7.05 Å². The predicted octanol–water partition coefficient (Wildman–Crippen LogP) is 3.13. The molecule has 1 aromatic heterocycles. The zero-order chi connectivity index (χ0) is 17.4. The molecule has 25 heavy (non-hydrogen) atoms. The first kappa shape index (κ1) is 22.2. The van der Waals surface area contributed by atoms with Crippen LogP contribution in [-0.4, -0.2) is 49.1 Å². The van der Waals surface area contributed by atoms with E-state index < -0.39 is 0 Å². The van der Waals surface area contributed by atoms with Gasteiger partial charge in [-0.05, 0) is 45.3 Å². The summed E-state index contributed by atoms with van der Waals surface area (Å²) >= 11 is 0. The highest BCUT2D eigenvalue weighted by molar-refractivity contribution is 14.0. The maximum atomic E-state index is 5.78. The lowest BCUT2D eigenvalue weighted by atomic mass is 9.94. The molecule has 1 saturated heterocycles. The predicted molar refractivity (Wildman–Crippen MR) is 114 cm³/mol. The summed E-state index contributed by atoms with van der Waals surface area (Å²) in [5.41, 5.74) is -0.0134. The maximum Gasteiger partial charge on any atom is 0.213 e. The summed E-state index contributed by atoms with van der Waals surface area (Å²) in [5, 5.41) is 6.61. The fourth-order valence-electron chi connectivity index (χ4n) is 2.79. The van der Waals surface area contributed by atoms with Crippen molar-refractivity contribution in [3.8, 4) is 0 Å². The Hall–Kier alpha value is -0.830. The molecule has 0 spiro atoms. The van der Waals surface area contributed by atoms with Gasteiger partial charge in [-0.25, -0.2) is 4.98 Å². The van der Waals surface area contributed by atoms with Crippen molar-refractivity contribution in [3.05, 3.63) is 17.8 Å². The topological polar surface area (TPSA) is 65.7 Å². The SMILES string of the molecule is CN=C(NCCCCN1CCCC1)NCc1ncc(C(C)(C)C)o1.I. The molecule has 1 aliphatic rings. The Labute approximate surface area is 169 Å². The van der Waals surface area contributed by atoms with Crippen LogP contribution in [0.15, 0.2) is 15.6 Å². The molecule has 2 heterocycles. The largest absolute Gasteiger partial charge is 0.443 e. The number of hydrogen-bond acceptors (Lipinski definition) is 4. The van der Waals surface area contributed by atoms with Gasteiger partial charge in [0.25, 0.3) is 0 Å². The van der Waals surface area contributed by atoms with Crippen LogP contribution < -0.4 is 10.6 Å². The second kappa shape index (κ2) is 11.0. The first-order valence-corrected chi connectivity index (χ1v) is 9.11. The third kappa shape index (κ3) is 7.94. The van der Waals surface area contributed by atoms with Crippen molar-refractivity contribution in [1.82, 2.24) is 20.5 Å². The van der Waals surface area contributed by atoms with Gasteiger partial charge in [-0.15, -0.1) is 24.0 Å². The molecule has 1 fully saturated rings. The minimum Gasteiger partial charge on any atom is -0.443 e. The van der Waals surface area contributed by atoms with Crippen molar-refractivity contribution in [2.24, 2.45) is 4.99 Å². The Morgan fingerprint density at radius 3 is 2.56 bits per heavy atom. The first-order valence-electron chi connectivity index (χ1n) is 9.11. The van der Waals surface area contributed by atoms with Gasteiger partial charge < -0.3 is 20.0 Å².